The fourth-order valence-corrected chi connectivity index (χ4v) is 4.66. The lowest BCUT2D eigenvalue weighted by molar-refractivity contribution is 0.175. The third kappa shape index (κ3) is 4.77. The molecule has 162 valence electrons. The van der Waals surface area contributed by atoms with Gasteiger partial charge >= 0.3 is 6.03 Å². The van der Waals surface area contributed by atoms with Crippen LogP contribution < -0.4 is 10.1 Å². The Kier molecular flexibility index (Phi) is 6.32. The lowest BCUT2D eigenvalue weighted by atomic mass is 9.98. The molecule has 31 heavy (non-hydrogen) atoms. The van der Waals surface area contributed by atoms with E-state index in [1.807, 2.05) is 29.2 Å². The Bertz CT molecular complexity index is 1010. The molecular weight excluding hydrogens is 408 g/mol. The van der Waals surface area contributed by atoms with Crippen molar-refractivity contribution in [2.24, 2.45) is 9.98 Å². The van der Waals surface area contributed by atoms with Crippen LogP contribution in [0.4, 0.5) is 10.5 Å². The number of thioether (sulfide) groups is 1. The number of piperidine rings is 1. The third-order valence-corrected chi connectivity index (χ3v) is 6.46. The first kappa shape index (κ1) is 21.4. The van der Waals surface area contributed by atoms with Crippen LogP contribution in [-0.2, 0) is 0 Å². The standard InChI is InChI=1S/C24H28N4O2S/c1-4-31-22-21(18-10-8-17(2)9-11-18)26-24(27-22)12-14-28(15-13-24)23(29)25-19-6-5-7-20(16-19)30-3/h5-11,16H,4,12-15H2,1-3H3,(H,25,29). The van der Waals surface area contributed by atoms with Crippen molar-refractivity contribution in [1.82, 2.24) is 4.90 Å². The monoisotopic (exact) mass is 436 g/mol. The molecule has 0 bridgehead atoms. The van der Waals surface area contributed by atoms with E-state index in [1.165, 1.54) is 5.56 Å². The number of amides is 2. The highest BCUT2D eigenvalue weighted by Gasteiger charge is 2.40. The number of nitrogens with one attached hydrogen (secondary N) is 1. The number of carbonyl (C=O) groups is 1. The highest BCUT2D eigenvalue weighted by atomic mass is 32.2. The van der Waals surface area contributed by atoms with Gasteiger partial charge in [-0.1, -0.05) is 42.8 Å². The molecule has 0 atom stereocenters. The maximum Gasteiger partial charge on any atom is 0.321 e. The topological polar surface area (TPSA) is 66.3 Å². The summed E-state index contributed by atoms with van der Waals surface area (Å²) < 4.78 is 5.23. The summed E-state index contributed by atoms with van der Waals surface area (Å²) in [7, 11) is 1.61. The molecular formula is C24H28N4O2S. The first-order valence-electron chi connectivity index (χ1n) is 10.6. The van der Waals surface area contributed by atoms with E-state index >= 15 is 0 Å². The van der Waals surface area contributed by atoms with Crippen molar-refractivity contribution >= 4 is 34.2 Å². The number of nitrogens with zero attached hydrogens (tertiary/aromatic N) is 3. The number of aryl methyl sites for hydroxylation is 1. The maximum atomic E-state index is 12.8. The number of hydrogen-bond donors (Lipinski definition) is 1. The van der Waals surface area contributed by atoms with Gasteiger partial charge in [-0.3, -0.25) is 4.99 Å². The van der Waals surface area contributed by atoms with E-state index in [-0.39, 0.29) is 6.03 Å². The van der Waals surface area contributed by atoms with Crippen LogP contribution >= 0.6 is 11.8 Å². The van der Waals surface area contributed by atoms with Gasteiger partial charge in [-0.2, -0.15) is 0 Å². The highest BCUT2D eigenvalue weighted by Crippen LogP contribution is 2.35. The van der Waals surface area contributed by atoms with E-state index in [1.54, 1.807) is 18.9 Å². The van der Waals surface area contributed by atoms with Gasteiger partial charge in [0, 0.05) is 43.2 Å². The molecule has 2 aromatic rings. The molecule has 0 radical (unpaired) electrons. The first-order valence-corrected chi connectivity index (χ1v) is 11.6. The summed E-state index contributed by atoms with van der Waals surface area (Å²) in [6, 6.07) is 15.8. The molecule has 0 aliphatic carbocycles. The molecule has 1 fully saturated rings. The third-order valence-electron chi connectivity index (χ3n) is 5.61. The van der Waals surface area contributed by atoms with Crippen molar-refractivity contribution in [3.05, 3.63) is 59.7 Å². The van der Waals surface area contributed by atoms with E-state index in [0.29, 0.717) is 13.1 Å². The van der Waals surface area contributed by atoms with E-state index in [0.717, 1.165) is 46.4 Å². The smallest absolute Gasteiger partial charge is 0.321 e. The van der Waals surface area contributed by atoms with E-state index < -0.39 is 5.66 Å². The van der Waals surface area contributed by atoms with Crippen molar-refractivity contribution in [2.75, 3.05) is 31.3 Å². The molecule has 7 heteroatoms. The predicted octanol–water partition coefficient (Wildman–Crippen LogP) is 4.98. The molecule has 0 unspecified atom stereocenters. The molecule has 2 aromatic carbocycles. The Morgan fingerprint density at radius 1 is 1.16 bits per heavy atom. The minimum absolute atomic E-state index is 0.101. The van der Waals surface area contributed by atoms with Gasteiger partial charge in [0.25, 0.3) is 0 Å². The van der Waals surface area contributed by atoms with E-state index in [2.05, 4.69) is 43.4 Å². The minimum Gasteiger partial charge on any atom is -0.497 e. The SMILES string of the molecule is CCSC1=NC2(CCN(C(=O)Nc3cccc(OC)c3)CC2)N=C1c1ccc(C)cc1. The average Bonchev–Trinajstić information content (AvgIpc) is 3.12. The number of rotatable bonds is 4. The molecule has 1 spiro atoms. The van der Waals surface area contributed by atoms with Crippen molar-refractivity contribution in [3.8, 4) is 5.75 Å². The molecule has 6 nitrogen and oxygen atoms in total. The summed E-state index contributed by atoms with van der Waals surface area (Å²) >= 11 is 1.74. The summed E-state index contributed by atoms with van der Waals surface area (Å²) in [6.07, 6.45) is 1.45. The second-order valence-corrected chi connectivity index (χ2v) is 9.06. The number of hydrogen-bond acceptors (Lipinski definition) is 5. The van der Waals surface area contributed by atoms with E-state index in [4.69, 9.17) is 14.7 Å². The molecule has 2 heterocycles. The molecule has 0 saturated carbocycles. The van der Waals surface area contributed by atoms with Crippen LogP contribution in [0.25, 0.3) is 0 Å². The Labute approximate surface area is 187 Å². The van der Waals surface area contributed by atoms with Gasteiger partial charge < -0.3 is 15.0 Å². The fourth-order valence-electron chi connectivity index (χ4n) is 3.85. The van der Waals surface area contributed by atoms with Crippen LogP contribution in [0.2, 0.25) is 0 Å². The van der Waals surface area contributed by atoms with Crippen LogP contribution in [0.1, 0.15) is 30.9 Å². The van der Waals surface area contributed by atoms with Crippen LogP contribution in [0, 0.1) is 6.92 Å². The first-order chi connectivity index (χ1) is 15.0. The van der Waals surface area contributed by atoms with Crippen LogP contribution in [0.15, 0.2) is 58.5 Å². The van der Waals surface area contributed by atoms with Gasteiger partial charge in [-0.05, 0) is 24.8 Å². The van der Waals surface area contributed by atoms with Crippen molar-refractivity contribution in [3.63, 3.8) is 0 Å². The van der Waals surface area contributed by atoms with Crippen molar-refractivity contribution in [1.29, 1.82) is 0 Å². The minimum atomic E-state index is -0.454. The average molecular weight is 437 g/mol. The van der Waals surface area contributed by atoms with Gasteiger partial charge in [0.2, 0.25) is 0 Å². The molecule has 2 aliphatic heterocycles. The van der Waals surface area contributed by atoms with Crippen LogP contribution in [0.5, 0.6) is 5.75 Å². The number of methoxy groups -OCH3 is 1. The molecule has 4 rings (SSSR count). The van der Waals surface area contributed by atoms with Gasteiger partial charge in [-0.25, -0.2) is 9.79 Å². The summed E-state index contributed by atoms with van der Waals surface area (Å²) in [6.45, 7) is 5.46. The highest BCUT2D eigenvalue weighted by molar-refractivity contribution is 8.15. The molecule has 2 amide bonds. The zero-order valence-corrected chi connectivity index (χ0v) is 19.0. The number of likely N-dealkylation sites (tertiary alicyclic amines) is 1. The van der Waals surface area contributed by atoms with Gasteiger partial charge in [0.05, 0.1) is 12.8 Å². The number of carbonyl (C=O) groups excluding carboxylic acids is 1. The predicted molar refractivity (Wildman–Crippen MR) is 129 cm³/mol. The Morgan fingerprint density at radius 2 is 1.90 bits per heavy atom. The van der Waals surface area contributed by atoms with Gasteiger partial charge in [-0.15, -0.1) is 11.8 Å². The normalized spacial score (nSPS) is 17.3. The molecule has 0 aromatic heterocycles. The second kappa shape index (κ2) is 9.14. The zero-order valence-electron chi connectivity index (χ0n) is 18.2. The van der Waals surface area contributed by atoms with Gasteiger partial charge in [0.15, 0.2) is 5.66 Å². The summed E-state index contributed by atoms with van der Waals surface area (Å²) in [5.74, 6) is 1.67. The number of benzene rings is 2. The van der Waals surface area contributed by atoms with Crippen LogP contribution in [-0.4, -0.2) is 53.3 Å². The number of aliphatic imine (C=N–C) groups is 2. The lowest BCUT2D eigenvalue weighted by Crippen LogP contribution is -2.46. The van der Waals surface area contributed by atoms with Crippen molar-refractivity contribution in [2.45, 2.75) is 32.4 Å². The fraction of sp³-hybridized carbons (Fsp3) is 0.375. The quantitative estimate of drug-likeness (QED) is 0.735. The summed E-state index contributed by atoms with van der Waals surface area (Å²) in [5, 5.41) is 3.98. The number of anilines is 1. The molecule has 1 N–H and O–H groups in total. The number of urea groups is 1. The second-order valence-electron chi connectivity index (χ2n) is 7.81. The molecule has 2 aliphatic rings. The zero-order chi connectivity index (χ0) is 21.8. The van der Waals surface area contributed by atoms with E-state index in [9.17, 15) is 4.79 Å². The Balaban J connectivity index is 1.46. The Hall–Kier alpha value is -2.80. The van der Waals surface area contributed by atoms with Crippen LogP contribution in [0.3, 0.4) is 0 Å². The largest absolute Gasteiger partial charge is 0.497 e. The Morgan fingerprint density at radius 3 is 2.58 bits per heavy atom. The summed E-state index contributed by atoms with van der Waals surface area (Å²) in [4.78, 5) is 24.7. The van der Waals surface area contributed by atoms with Gasteiger partial charge in [0.1, 0.15) is 10.8 Å². The lowest BCUT2D eigenvalue weighted by Gasteiger charge is -2.35. The van der Waals surface area contributed by atoms with Crippen molar-refractivity contribution < 1.29 is 9.53 Å². The maximum absolute atomic E-state index is 12.8. The molecule has 1 saturated heterocycles. The summed E-state index contributed by atoms with van der Waals surface area (Å²) in [5.41, 5.74) is 3.60. The number of ether oxygens (including phenoxy) is 1.